The molecule has 5 heteroatoms. The van der Waals surface area contributed by atoms with Gasteiger partial charge in [-0.2, -0.15) is 0 Å². The molecule has 0 saturated heterocycles. The zero-order valence-electron chi connectivity index (χ0n) is 12.5. The van der Waals surface area contributed by atoms with Gasteiger partial charge in [-0.3, -0.25) is 9.59 Å². The van der Waals surface area contributed by atoms with Crippen molar-refractivity contribution in [1.82, 2.24) is 10.6 Å². The van der Waals surface area contributed by atoms with Gasteiger partial charge < -0.3 is 15.4 Å². The number of rotatable bonds is 7. The molecule has 2 N–H and O–H groups in total. The number of nitrogens with one attached hydrogen (secondary N) is 2. The third kappa shape index (κ3) is 5.45. The lowest BCUT2D eigenvalue weighted by molar-refractivity contribution is -0.120. The largest absolute Gasteiger partial charge is 0.491 e. The second-order valence-corrected chi connectivity index (χ2v) is 5.62. The molecule has 0 spiro atoms. The minimum Gasteiger partial charge on any atom is -0.491 e. The van der Waals surface area contributed by atoms with Gasteiger partial charge in [-0.15, -0.1) is 0 Å². The molecule has 1 saturated carbocycles. The summed E-state index contributed by atoms with van der Waals surface area (Å²) in [6, 6.07) is 6.88. The fourth-order valence-corrected chi connectivity index (χ4v) is 1.86. The molecular weight excluding hydrogens is 268 g/mol. The van der Waals surface area contributed by atoms with Crippen LogP contribution in [0.4, 0.5) is 0 Å². The Hall–Kier alpha value is -2.04. The van der Waals surface area contributed by atoms with Crippen molar-refractivity contribution in [3.8, 4) is 5.75 Å². The molecule has 2 rings (SSSR count). The molecule has 0 aromatic heterocycles. The number of hydrogen-bond acceptors (Lipinski definition) is 3. The zero-order valence-corrected chi connectivity index (χ0v) is 12.5. The third-order valence-corrected chi connectivity index (χ3v) is 3.18. The molecule has 0 atom stereocenters. The molecule has 21 heavy (non-hydrogen) atoms. The quantitative estimate of drug-likeness (QED) is 0.803. The van der Waals surface area contributed by atoms with Gasteiger partial charge in [0.2, 0.25) is 5.91 Å². The van der Waals surface area contributed by atoms with Crippen molar-refractivity contribution >= 4 is 11.8 Å². The van der Waals surface area contributed by atoms with E-state index in [0.717, 1.165) is 12.3 Å². The molecule has 1 aliphatic carbocycles. The second kappa shape index (κ2) is 7.11. The predicted molar refractivity (Wildman–Crippen MR) is 80.3 cm³/mol. The van der Waals surface area contributed by atoms with Gasteiger partial charge in [0, 0.05) is 12.1 Å². The fourth-order valence-electron chi connectivity index (χ4n) is 1.86. The Morgan fingerprint density at radius 1 is 1.19 bits per heavy atom. The molecular formula is C16H22N2O3. The van der Waals surface area contributed by atoms with E-state index in [-0.39, 0.29) is 24.5 Å². The highest BCUT2D eigenvalue weighted by Crippen LogP contribution is 2.27. The summed E-state index contributed by atoms with van der Waals surface area (Å²) in [4.78, 5) is 23.4. The Kier molecular flexibility index (Phi) is 5.20. The number of benzene rings is 1. The van der Waals surface area contributed by atoms with E-state index in [1.165, 1.54) is 12.8 Å². The minimum absolute atomic E-state index is 0.00972. The smallest absolute Gasteiger partial charge is 0.251 e. The predicted octanol–water partition coefficient (Wildman–Crippen LogP) is 1.73. The molecule has 0 radical (unpaired) electrons. The second-order valence-electron chi connectivity index (χ2n) is 5.62. The van der Waals surface area contributed by atoms with Crippen molar-refractivity contribution < 1.29 is 14.3 Å². The van der Waals surface area contributed by atoms with E-state index in [0.29, 0.717) is 11.5 Å². The van der Waals surface area contributed by atoms with E-state index >= 15 is 0 Å². The van der Waals surface area contributed by atoms with E-state index in [2.05, 4.69) is 10.6 Å². The summed E-state index contributed by atoms with van der Waals surface area (Å²) in [5, 5.41) is 5.42. The first-order valence-corrected chi connectivity index (χ1v) is 7.36. The molecule has 1 fully saturated rings. The minimum atomic E-state index is -0.257. The van der Waals surface area contributed by atoms with Crippen LogP contribution in [0.3, 0.4) is 0 Å². The summed E-state index contributed by atoms with van der Waals surface area (Å²) >= 11 is 0. The lowest BCUT2D eigenvalue weighted by atomic mass is 10.2. The summed E-state index contributed by atoms with van der Waals surface area (Å²) < 4.78 is 5.51. The zero-order chi connectivity index (χ0) is 15.2. The number of carbonyl (C=O) groups is 2. The van der Waals surface area contributed by atoms with E-state index in [1.807, 2.05) is 13.8 Å². The van der Waals surface area contributed by atoms with Crippen LogP contribution in [0, 0.1) is 5.92 Å². The molecule has 5 nitrogen and oxygen atoms in total. The van der Waals surface area contributed by atoms with Gasteiger partial charge in [0.15, 0.2) is 0 Å². The first-order valence-electron chi connectivity index (χ1n) is 7.36. The van der Waals surface area contributed by atoms with Gasteiger partial charge in [0.05, 0.1) is 12.6 Å². The first-order chi connectivity index (χ1) is 10.0. The van der Waals surface area contributed by atoms with Crippen molar-refractivity contribution in [3.63, 3.8) is 0 Å². The molecule has 114 valence electrons. The maximum atomic E-state index is 11.9. The van der Waals surface area contributed by atoms with Crippen LogP contribution in [0.5, 0.6) is 5.75 Å². The molecule has 2 amide bonds. The van der Waals surface area contributed by atoms with Crippen LogP contribution in [0.1, 0.15) is 37.0 Å². The van der Waals surface area contributed by atoms with Crippen molar-refractivity contribution in [2.24, 2.45) is 5.92 Å². The fraction of sp³-hybridized carbons (Fsp3) is 0.500. The van der Waals surface area contributed by atoms with Gasteiger partial charge >= 0.3 is 0 Å². The van der Waals surface area contributed by atoms with Crippen molar-refractivity contribution in [3.05, 3.63) is 29.8 Å². The Labute approximate surface area is 125 Å². The summed E-state index contributed by atoms with van der Waals surface area (Å²) in [6.07, 6.45) is 2.48. The third-order valence-electron chi connectivity index (χ3n) is 3.18. The van der Waals surface area contributed by atoms with Crippen LogP contribution in [-0.2, 0) is 4.79 Å². The van der Waals surface area contributed by atoms with E-state index in [9.17, 15) is 9.59 Å². The highest BCUT2D eigenvalue weighted by molar-refractivity contribution is 5.96. The number of amides is 2. The van der Waals surface area contributed by atoms with Crippen LogP contribution in [0.2, 0.25) is 0 Å². The topological polar surface area (TPSA) is 67.4 Å². The van der Waals surface area contributed by atoms with Crippen molar-refractivity contribution in [1.29, 1.82) is 0 Å². The number of ether oxygens (including phenoxy) is 1. The molecule has 0 bridgehead atoms. The lowest BCUT2D eigenvalue weighted by Crippen LogP contribution is -2.37. The van der Waals surface area contributed by atoms with Gasteiger partial charge in [-0.25, -0.2) is 0 Å². The SMILES string of the molecule is CC(C)Oc1ccc(C(=O)NCC(=O)NCC2CC2)cc1. The highest BCUT2D eigenvalue weighted by atomic mass is 16.5. The van der Waals surface area contributed by atoms with Gasteiger partial charge in [-0.1, -0.05) is 0 Å². The molecule has 0 unspecified atom stereocenters. The maximum absolute atomic E-state index is 11.9. The molecule has 0 aliphatic heterocycles. The van der Waals surface area contributed by atoms with Crippen LogP contribution in [-0.4, -0.2) is 31.0 Å². The Bertz CT molecular complexity index is 493. The summed E-state index contributed by atoms with van der Waals surface area (Å²) in [5.74, 6) is 0.963. The first kappa shape index (κ1) is 15.4. The standard InChI is InChI=1S/C16H22N2O3/c1-11(2)21-14-7-5-13(6-8-14)16(20)18-10-15(19)17-9-12-3-4-12/h5-8,11-12H,3-4,9-10H2,1-2H3,(H,17,19)(H,18,20). The summed E-state index contributed by atoms with van der Waals surface area (Å²) in [7, 11) is 0. The van der Waals surface area contributed by atoms with E-state index in [1.54, 1.807) is 24.3 Å². The van der Waals surface area contributed by atoms with Crippen LogP contribution >= 0.6 is 0 Å². The maximum Gasteiger partial charge on any atom is 0.251 e. The Morgan fingerprint density at radius 3 is 2.43 bits per heavy atom. The van der Waals surface area contributed by atoms with Gasteiger partial charge in [0.25, 0.3) is 5.91 Å². The normalized spacial score (nSPS) is 13.9. The summed E-state index contributed by atoms with van der Waals surface area (Å²) in [6.45, 7) is 4.62. The Morgan fingerprint density at radius 2 is 1.86 bits per heavy atom. The molecule has 1 aliphatic rings. The molecule has 0 heterocycles. The summed E-state index contributed by atoms with van der Waals surface area (Å²) in [5.41, 5.74) is 0.515. The number of hydrogen-bond donors (Lipinski definition) is 2. The van der Waals surface area contributed by atoms with Crippen LogP contribution in [0.15, 0.2) is 24.3 Å². The molecule has 1 aromatic carbocycles. The Balaban J connectivity index is 1.75. The lowest BCUT2D eigenvalue weighted by Gasteiger charge is -2.10. The highest BCUT2D eigenvalue weighted by Gasteiger charge is 2.21. The van der Waals surface area contributed by atoms with Crippen molar-refractivity contribution in [2.75, 3.05) is 13.1 Å². The average Bonchev–Trinajstić information content (AvgIpc) is 3.27. The van der Waals surface area contributed by atoms with Gasteiger partial charge in [-0.05, 0) is 56.9 Å². The van der Waals surface area contributed by atoms with E-state index in [4.69, 9.17) is 4.74 Å². The van der Waals surface area contributed by atoms with Crippen molar-refractivity contribution in [2.45, 2.75) is 32.8 Å². The number of carbonyl (C=O) groups excluding carboxylic acids is 2. The van der Waals surface area contributed by atoms with Gasteiger partial charge in [0.1, 0.15) is 5.75 Å². The molecule has 1 aromatic rings. The van der Waals surface area contributed by atoms with Crippen LogP contribution < -0.4 is 15.4 Å². The monoisotopic (exact) mass is 290 g/mol. The van der Waals surface area contributed by atoms with E-state index < -0.39 is 0 Å². The average molecular weight is 290 g/mol. The van der Waals surface area contributed by atoms with Crippen LogP contribution in [0.25, 0.3) is 0 Å².